The third-order valence-electron chi connectivity index (χ3n) is 13.0. The van der Waals surface area contributed by atoms with Gasteiger partial charge in [0.15, 0.2) is 6.10 Å². The van der Waals surface area contributed by atoms with E-state index >= 15 is 0 Å². The van der Waals surface area contributed by atoms with Gasteiger partial charge in [-0.3, -0.25) is 14.4 Å². The normalized spacial score (nSPS) is 12.9. The number of carbonyl (C=O) groups is 3. The average Bonchev–Trinajstić information content (AvgIpc) is 3.40. The van der Waals surface area contributed by atoms with Gasteiger partial charge in [0.2, 0.25) is 0 Å². The van der Waals surface area contributed by atoms with Gasteiger partial charge in [0.25, 0.3) is 0 Å². The van der Waals surface area contributed by atoms with Crippen LogP contribution in [0.4, 0.5) is 0 Å². The second-order valence-corrected chi connectivity index (χ2v) is 20.2. The Balaban J connectivity index is 4.44. The molecule has 0 radical (unpaired) electrons. The Morgan fingerprint density at radius 2 is 0.527 bits per heavy atom. The monoisotopic (exact) mass is 1030 g/mol. The largest absolute Gasteiger partial charge is 0.462 e. The summed E-state index contributed by atoms with van der Waals surface area (Å²) in [6.07, 6.45) is 83.7. The van der Waals surface area contributed by atoms with Crippen molar-refractivity contribution in [3.8, 4) is 0 Å². The quantitative estimate of drug-likeness (QED) is 0.0261. The maximum absolute atomic E-state index is 12.9. The van der Waals surface area contributed by atoms with Gasteiger partial charge in [-0.25, -0.2) is 0 Å². The molecule has 0 spiro atoms. The van der Waals surface area contributed by atoms with E-state index in [4.69, 9.17) is 14.2 Å². The summed E-state index contributed by atoms with van der Waals surface area (Å²) >= 11 is 0. The molecule has 0 amide bonds. The molecule has 422 valence electrons. The Kier molecular flexibility index (Phi) is 58.3. The highest BCUT2D eigenvalue weighted by atomic mass is 16.6. The Hall–Kier alpha value is -3.93. The summed E-state index contributed by atoms with van der Waals surface area (Å²) in [7, 11) is 0. The number of rotatable bonds is 55. The van der Waals surface area contributed by atoms with Crippen LogP contribution in [0.1, 0.15) is 284 Å². The number of ether oxygens (including phenoxy) is 3. The van der Waals surface area contributed by atoms with Crippen molar-refractivity contribution in [3.63, 3.8) is 0 Å². The van der Waals surface area contributed by atoms with Gasteiger partial charge >= 0.3 is 17.9 Å². The predicted octanol–water partition coefficient (Wildman–Crippen LogP) is 21.0. The average molecular weight is 1030 g/mol. The van der Waals surface area contributed by atoms with Gasteiger partial charge in [-0.1, -0.05) is 246 Å². The molecule has 0 bridgehead atoms. The fourth-order valence-corrected chi connectivity index (χ4v) is 8.35. The van der Waals surface area contributed by atoms with Gasteiger partial charge in [-0.15, -0.1) is 0 Å². The van der Waals surface area contributed by atoms with Crippen molar-refractivity contribution in [3.05, 3.63) is 109 Å². The smallest absolute Gasteiger partial charge is 0.306 e. The van der Waals surface area contributed by atoms with Crippen LogP contribution in [0.3, 0.4) is 0 Å². The molecule has 0 saturated heterocycles. The minimum atomic E-state index is -0.800. The van der Waals surface area contributed by atoms with Crippen LogP contribution < -0.4 is 0 Å². The van der Waals surface area contributed by atoms with Crippen molar-refractivity contribution < 1.29 is 28.6 Å². The zero-order chi connectivity index (χ0) is 53.6. The second-order valence-electron chi connectivity index (χ2n) is 20.2. The van der Waals surface area contributed by atoms with Crippen molar-refractivity contribution in [2.75, 3.05) is 13.2 Å². The van der Waals surface area contributed by atoms with Crippen LogP contribution in [-0.4, -0.2) is 37.2 Å². The molecule has 0 aromatic carbocycles. The minimum Gasteiger partial charge on any atom is -0.462 e. The number of hydrogen-bond acceptors (Lipinski definition) is 6. The van der Waals surface area contributed by atoms with E-state index in [0.29, 0.717) is 19.3 Å². The van der Waals surface area contributed by atoms with E-state index in [1.807, 2.05) is 0 Å². The van der Waals surface area contributed by atoms with Gasteiger partial charge in [-0.2, -0.15) is 0 Å². The third kappa shape index (κ3) is 59.0. The van der Waals surface area contributed by atoms with Crippen LogP contribution in [0.15, 0.2) is 109 Å². The molecule has 1 unspecified atom stereocenters. The maximum Gasteiger partial charge on any atom is 0.306 e. The van der Waals surface area contributed by atoms with E-state index in [-0.39, 0.29) is 31.1 Å². The zero-order valence-corrected chi connectivity index (χ0v) is 48.3. The first kappa shape index (κ1) is 70.1. The first-order chi connectivity index (χ1) is 36.5. The molecule has 0 N–H and O–H groups in total. The molecule has 6 nitrogen and oxygen atoms in total. The van der Waals surface area contributed by atoms with E-state index in [2.05, 4.69) is 130 Å². The lowest BCUT2D eigenvalue weighted by Gasteiger charge is -2.18. The highest BCUT2D eigenvalue weighted by molar-refractivity contribution is 5.71. The molecule has 6 heteroatoms. The topological polar surface area (TPSA) is 78.9 Å². The summed E-state index contributed by atoms with van der Waals surface area (Å²) in [6.45, 7) is 6.49. The van der Waals surface area contributed by atoms with Gasteiger partial charge < -0.3 is 14.2 Å². The fourth-order valence-electron chi connectivity index (χ4n) is 8.35. The number of hydrogen-bond donors (Lipinski definition) is 0. The van der Waals surface area contributed by atoms with Crippen molar-refractivity contribution in [1.82, 2.24) is 0 Å². The Morgan fingerprint density at radius 1 is 0.284 bits per heavy atom. The van der Waals surface area contributed by atoms with Gasteiger partial charge in [0.05, 0.1) is 0 Å². The number of carbonyl (C=O) groups excluding carboxylic acids is 3. The minimum absolute atomic E-state index is 0.0953. The molecule has 0 aliphatic rings. The molecular weight excluding hydrogens is 913 g/mol. The molecule has 0 aromatic rings. The fraction of sp³-hybridized carbons (Fsp3) is 0.691. The molecule has 0 heterocycles. The van der Waals surface area contributed by atoms with Crippen LogP contribution in [-0.2, 0) is 28.6 Å². The molecule has 0 fully saturated rings. The lowest BCUT2D eigenvalue weighted by atomic mass is 10.1. The van der Waals surface area contributed by atoms with Crippen LogP contribution >= 0.6 is 0 Å². The molecule has 1 atom stereocenters. The molecule has 0 rings (SSSR count). The highest BCUT2D eigenvalue weighted by Crippen LogP contribution is 2.15. The predicted molar refractivity (Wildman–Crippen MR) is 320 cm³/mol. The lowest BCUT2D eigenvalue weighted by Crippen LogP contribution is -2.30. The third-order valence-corrected chi connectivity index (χ3v) is 13.0. The van der Waals surface area contributed by atoms with Crippen LogP contribution in [0.25, 0.3) is 0 Å². The molecule has 74 heavy (non-hydrogen) atoms. The summed E-state index contributed by atoms with van der Waals surface area (Å²) < 4.78 is 16.9. The Labute approximate surface area is 457 Å². The van der Waals surface area contributed by atoms with E-state index in [9.17, 15) is 14.4 Å². The summed E-state index contributed by atoms with van der Waals surface area (Å²) in [5, 5.41) is 0. The second kappa shape index (κ2) is 61.6. The van der Waals surface area contributed by atoms with E-state index in [1.165, 1.54) is 128 Å². The van der Waals surface area contributed by atoms with Crippen molar-refractivity contribution in [1.29, 1.82) is 0 Å². The van der Waals surface area contributed by atoms with Crippen molar-refractivity contribution >= 4 is 17.9 Å². The molecule has 0 aliphatic carbocycles. The van der Waals surface area contributed by atoms with Crippen molar-refractivity contribution in [2.24, 2.45) is 0 Å². The van der Waals surface area contributed by atoms with Crippen LogP contribution in [0.5, 0.6) is 0 Å². The van der Waals surface area contributed by atoms with Crippen LogP contribution in [0.2, 0.25) is 0 Å². The molecule has 0 aliphatic heterocycles. The number of esters is 3. The van der Waals surface area contributed by atoms with Crippen molar-refractivity contribution in [2.45, 2.75) is 290 Å². The Bertz CT molecular complexity index is 1510. The highest BCUT2D eigenvalue weighted by Gasteiger charge is 2.19. The lowest BCUT2D eigenvalue weighted by molar-refractivity contribution is -0.167. The first-order valence-electron chi connectivity index (χ1n) is 30.9. The van der Waals surface area contributed by atoms with Crippen LogP contribution in [0, 0.1) is 0 Å². The SMILES string of the molecule is CC/C=C\C/C=C\C/C=C\C/C=C\C/C=C\C/C=C\C/C=C\CCCCCC(=O)OCC(COC(=O)CCCCCCC/C=C\CCCCCCC)OC(=O)CCCCCCCCC/C=C\CCCCCCCC. The summed E-state index contributed by atoms with van der Waals surface area (Å²) in [4.78, 5) is 38.2. The summed E-state index contributed by atoms with van der Waals surface area (Å²) in [6, 6.07) is 0. The Morgan fingerprint density at radius 3 is 0.851 bits per heavy atom. The summed E-state index contributed by atoms with van der Waals surface area (Å²) in [5.41, 5.74) is 0. The molecular formula is C68H114O6. The molecule has 0 aromatic heterocycles. The van der Waals surface area contributed by atoms with Gasteiger partial charge in [-0.05, 0) is 128 Å². The van der Waals surface area contributed by atoms with E-state index in [0.717, 1.165) is 116 Å². The molecule has 0 saturated carbocycles. The van der Waals surface area contributed by atoms with E-state index in [1.54, 1.807) is 0 Å². The van der Waals surface area contributed by atoms with E-state index < -0.39 is 6.10 Å². The maximum atomic E-state index is 12.9. The summed E-state index contributed by atoms with van der Waals surface area (Å²) in [5.74, 6) is -0.937. The number of allylic oxidation sites excluding steroid dienone is 18. The van der Waals surface area contributed by atoms with Gasteiger partial charge in [0, 0.05) is 19.3 Å². The van der Waals surface area contributed by atoms with Gasteiger partial charge in [0.1, 0.15) is 13.2 Å². The first-order valence-corrected chi connectivity index (χ1v) is 30.9. The number of unbranched alkanes of at least 4 members (excludes halogenated alkanes) is 26. The zero-order valence-electron chi connectivity index (χ0n) is 48.3. The standard InChI is InChI=1S/C68H114O6/c1-4-7-10-13-16-19-22-25-28-30-31-32-33-34-35-36-37-39-40-43-46-49-52-55-58-61-67(70)73-64-65(63-72-66(69)60-57-54-51-48-45-42-27-24-21-18-15-12-9-6-3)74-68(71)62-59-56-53-50-47-44-41-38-29-26-23-20-17-14-11-8-5-2/h7,10,16,19,24-29,31-32,34-35,37,39,43,46,65H,4-6,8-9,11-15,17-18,20-23,30,33,36,38,40-42,44-45,47-64H2,1-3H3/b10-7-,19-16-,27-24-,28-25-,29-26-,32-31-,35-34-,39-37-,46-43-.